The number of ether oxygens (including phenoxy) is 3. The molecule has 0 aliphatic carbocycles. The number of hydrazine groups is 1. The number of nitrogens with zero attached hydrogens (tertiary/aromatic N) is 4. The minimum Gasteiger partial charge on any atom is -0.497 e. The summed E-state index contributed by atoms with van der Waals surface area (Å²) in [6, 6.07) is 13.1. The summed E-state index contributed by atoms with van der Waals surface area (Å²) in [6.45, 7) is 9.39. The van der Waals surface area contributed by atoms with Crippen molar-refractivity contribution in [1.29, 1.82) is 0 Å². The molecular formula is C27H31ClN6O4. The van der Waals surface area contributed by atoms with Gasteiger partial charge in [-0.15, -0.1) is 10.2 Å². The number of aromatic nitrogens is 3. The average Bonchev–Trinajstić information content (AvgIpc) is 3.58. The molecule has 0 radical (unpaired) electrons. The van der Waals surface area contributed by atoms with Gasteiger partial charge >= 0.3 is 6.09 Å². The number of benzene rings is 2. The lowest BCUT2D eigenvalue weighted by molar-refractivity contribution is 0.0486. The molecule has 0 spiro atoms. The fraction of sp³-hybridized carbons (Fsp3) is 0.407. The number of hydrogen-bond acceptors (Lipinski definition) is 8. The van der Waals surface area contributed by atoms with Gasteiger partial charge in [-0.1, -0.05) is 30.7 Å². The average molecular weight is 539 g/mol. The van der Waals surface area contributed by atoms with E-state index < -0.39 is 24.0 Å². The van der Waals surface area contributed by atoms with Crippen molar-refractivity contribution in [2.75, 3.05) is 7.11 Å². The van der Waals surface area contributed by atoms with E-state index in [2.05, 4.69) is 28.0 Å². The molecule has 2 N–H and O–H groups in total. The number of amides is 1. The number of carbonyl (C=O) groups is 1. The third-order valence-corrected chi connectivity index (χ3v) is 6.71. The molecule has 1 amide bonds. The van der Waals surface area contributed by atoms with Gasteiger partial charge in [-0.25, -0.2) is 10.2 Å². The first-order valence-corrected chi connectivity index (χ1v) is 12.8. The maximum Gasteiger partial charge on any atom is 0.422 e. The van der Waals surface area contributed by atoms with Crippen LogP contribution in [0.25, 0.3) is 5.69 Å². The van der Waals surface area contributed by atoms with Crippen molar-refractivity contribution in [1.82, 2.24) is 25.6 Å². The molecule has 200 valence electrons. The van der Waals surface area contributed by atoms with E-state index in [0.29, 0.717) is 16.6 Å². The zero-order chi connectivity index (χ0) is 27.2. The molecule has 10 nitrogen and oxygen atoms in total. The highest BCUT2D eigenvalue weighted by molar-refractivity contribution is 6.30. The second kappa shape index (κ2) is 10.0. The quantitative estimate of drug-likeness (QED) is 0.350. The van der Waals surface area contributed by atoms with Crippen molar-refractivity contribution >= 4 is 23.4 Å². The number of rotatable bonds is 6. The summed E-state index contributed by atoms with van der Waals surface area (Å²) < 4.78 is 18.8. The number of epoxide rings is 1. The lowest BCUT2D eigenvalue weighted by Crippen LogP contribution is -2.43. The highest BCUT2D eigenvalue weighted by Crippen LogP contribution is 2.41. The molecule has 3 aromatic rings. The van der Waals surface area contributed by atoms with Gasteiger partial charge in [0.05, 0.1) is 18.5 Å². The molecule has 5 rings (SSSR count). The number of halogens is 1. The van der Waals surface area contributed by atoms with E-state index >= 15 is 0 Å². The van der Waals surface area contributed by atoms with Crippen LogP contribution in [0, 0.1) is 12.8 Å². The summed E-state index contributed by atoms with van der Waals surface area (Å²) in [7, 11) is 1.64. The van der Waals surface area contributed by atoms with Crippen molar-refractivity contribution in [3.8, 4) is 11.4 Å². The Morgan fingerprint density at radius 2 is 1.89 bits per heavy atom. The molecule has 1 saturated heterocycles. The van der Waals surface area contributed by atoms with E-state index in [1.165, 1.54) is 0 Å². The molecule has 4 atom stereocenters. The van der Waals surface area contributed by atoms with E-state index in [9.17, 15) is 4.79 Å². The van der Waals surface area contributed by atoms with E-state index in [1.54, 1.807) is 27.9 Å². The topological polar surface area (TPSA) is 115 Å². The SMILES string of the molecule is COc1ccc2c(c1)C(c1ccc(Cl)cc1)=N[C@@H]([C@@H](C)C1OC1NNC(=O)OC(C)(C)C)c1nnc(C)n1-2. The monoisotopic (exact) mass is 538 g/mol. The van der Waals surface area contributed by atoms with E-state index in [0.717, 1.165) is 28.4 Å². The number of nitrogens with one attached hydrogen (secondary N) is 2. The van der Waals surface area contributed by atoms with Crippen LogP contribution in [-0.2, 0) is 9.47 Å². The molecule has 1 fully saturated rings. The third kappa shape index (κ3) is 5.24. The van der Waals surface area contributed by atoms with Crippen LogP contribution in [0.5, 0.6) is 5.75 Å². The minimum absolute atomic E-state index is 0.117. The Kier molecular flexibility index (Phi) is 6.89. The molecule has 2 aliphatic heterocycles. The van der Waals surface area contributed by atoms with Crippen molar-refractivity contribution in [3.05, 3.63) is 70.3 Å². The normalized spacial score (nSPS) is 20.9. The number of carbonyl (C=O) groups excluding carboxylic acids is 1. The standard InChI is InChI=1S/C27H31ClN6O4/c1-14(23-25(37-23)32-33-26(35)38-27(3,4)5)21-24-31-30-15(2)34(24)20-12-11-18(36-6)13-19(20)22(29-21)16-7-9-17(28)10-8-16/h7-14,21,23,25,32H,1-6H3,(H,33,35)/t14-,21+,23?,25?/m1/s1. The molecule has 38 heavy (non-hydrogen) atoms. The van der Waals surface area contributed by atoms with Crippen molar-refractivity contribution in [2.45, 2.75) is 58.6 Å². The summed E-state index contributed by atoms with van der Waals surface area (Å²) in [6.07, 6.45) is -1.20. The second-order valence-corrected chi connectivity index (χ2v) is 10.8. The molecule has 11 heteroatoms. The van der Waals surface area contributed by atoms with Gasteiger partial charge in [-0.2, -0.15) is 0 Å². The van der Waals surface area contributed by atoms with Gasteiger partial charge in [-0.3, -0.25) is 15.0 Å². The number of hydrogen-bond donors (Lipinski definition) is 2. The Hall–Kier alpha value is -3.47. The third-order valence-electron chi connectivity index (χ3n) is 6.46. The zero-order valence-corrected chi connectivity index (χ0v) is 22.9. The number of aryl methyl sites for hydroxylation is 1. The van der Waals surface area contributed by atoms with Crippen LogP contribution in [-0.4, -0.2) is 51.6 Å². The van der Waals surface area contributed by atoms with Crippen molar-refractivity contribution in [2.24, 2.45) is 10.9 Å². The first kappa shape index (κ1) is 26.1. The Morgan fingerprint density at radius 3 is 2.58 bits per heavy atom. The Morgan fingerprint density at radius 1 is 1.16 bits per heavy atom. The van der Waals surface area contributed by atoms with Crippen LogP contribution in [0.1, 0.15) is 56.5 Å². The molecule has 0 saturated carbocycles. The summed E-state index contributed by atoms with van der Waals surface area (Å²) in [5.74, 6) is 2.05. The molecule has 1 aromatic heterocycles. The minimum atomic E-state index is -0.602. The fourth-order valence-corrected chi connectivity index (χ4v) is 4.73. The predicted octanol–water partition coefficient (Wildman–Crippen LogP) is 4.52. The molecule has 2 aromatic carbocycles. The lowest BCUT2D eigenvalue weighted by atomic mass is 9.96. The number of fused-ring (bicyclic) bond motifs is 3. The smallest absolute Gasteiger partial charge is 0.422 e. The highest BCUT2D eigenvalue weighted by atomic mass is 35.5. The maximum absolute atomic E-state index is 12.1. The summed E-state index contributed by atoms with van der Waals surface area (Å²) in [4.78, 5) is 17.3. The maximum atomic E-state index is 12.1. The zero-order valence-electron chi connectivity index (χ0n) is 22.2. The fourth-order valence-electron chi connectivity index (χ4n) is 4.60. The van der Waals surface area contributed by atoms with Gasteiger partial charge in [0.2, 0.25) is 0 Å². The first-order valence-electron chi connectivity index (χ1n) is 12.4. The van der Waals surface area contributed by atoms with Crippen molar-refractivity contribution in [3.63, 3.8) is 0 Å². The number of aliphatic imine (C=N–C) groups is 1. The second-order valence-electron chi connectivity index (χ2n) is 10.4. The van der Waals surface area contributed by atoms with Gasteiger partial charge in [0.15, 0.2) is 12.1 Å². The lowest BCUT2D eigenvalue weighted by Gasteiger charge is -2.20. The van der Waals surface area contributed by atoms with Gasteiger partial charge in [0, 0.05) is 22.1 Å². The van der Waals surface area contributed by atoms with Crippen LogP contribution >= 0.6 is 11.6 Å². The van der Waals surface area contributed by atoms with Crippen LogP contribution in [0.3, 0.4) is 0 Å². The van der Waals surface area contributed by atoms with Gasteiger partial charge in [-0.05, 0) is 58.0 Å². The van der Waals surface area contributed by atoms with Crippen LogP contribution in [0.4, 0.5) is 4.79 Å². The predicted molar refractivity (Wildman–Crippen MR) is 143 cm³/mol. The van der Waals surface area contributed by atoms with Gasteiger partial charge < -0.3 is 14.2 Å². The molecule has 3 heterocycles. The number of methoxy groups -OCH3 is 1. The molecular weight excluding hydrogens is 508 g/mol. The van der Waals surface area contributed by atoms with E-state index in [1.807, 2.05) is 54.0 Å². The Balaban J connectivity index is 1.50. The van der Waals surface area contributed by atoms with Gasteiger partial charge in [0.1, 0.15) is 29.3 Å². The van der Waals surface area contributed by atoms with E-state index in [4.69, 9.17) is 30.8 Å². The Labute approximate surface area is 226 Å². The van der Waals surface area contributed by atoms with Crippen LogP contribution < -0.4 is 15.6 Å². The molecule has 0 bridgehead atoms. The Bertz CT molecular complexity index is 1380. The molecule has 2 aliphatic rings. The first-order chi connectivity index (χ1) is 18.1. The van der Waals surface area contributed by atoms with E-state index in [-0.39, 0.29) is 12.0 Å². The van der Waals surface area contributed by atoms with Crippen molar-refractivity contribution < 1.29 is 19.0 Å². The van der Waals surface area contributed by atoms with Gasteiger partial charge in [0.25, 0.3) is 0 Å². The largest absolute Gasteiger partial charge is 0.497 e. The highest BCUT2D eigenvalue weighted by Gasteiger charge is 2.48. The summed E-state index contributed by atoms with van der Waals surface area (Å²) in [5.41, 5.74) is 8.36. The molecule has 2 unspecified atom stereocenters. The van der Waals surface area contributed by atoms with Crippen LogP contribution in [0.15, 0.2) is 47.5 Å². The summed E-state index contributed by atoms with van der Waals surface area (Å²) >= 11 is 6.19. The van der Waals surface area contributed by atoms with Crippen LogP contribution in [0.2, 0.25) is 5.02 Å². The summed E-state index contributed by atoms with van der Waals surface area (Å²) in [5, 5.41) is 9.56.